The third-order valence-electron chi connectivity index (χ3n) is 5.96. The molecule has 5 rings (SSSR count). The molecule has 3 N–H and O–H groups in total. The van der Waals surface area contributed by atoms with Crippen LogP contribution in [-0.4, -0.2) is 34.4 Å². The quantitative estimate of drug-likeness (QED) is 0.744. The lowest BCUT2D eigenvalue weighted by Gasteiger charge is -2.30. The Kier molecular flexibility index (Phi) is 3.37. The molecule has 1 saturated carbocycles. The second-order valence-corrected chi connectivity index (χ2v) is 7.63. The van der Waals surface area contributed by atoms with E-state index in [0.717, 1.165) is 35.3 Å². The fourth-order valence-corrected chi connectivity index (χ4v) is 4.92. The van der Waals surface area contributed by atoms with Crippen LogP contribution < -0.4 is 10.9 Å². The lowest BCUT2D eigenvalue weighted by atomic mass is 9.95. The molecule has 3 unspecified atom stereocenters. The van der Waals surface area contributed by atoms with Gasteiger partial charge in [-0.3, -0.25) is 10.2 Å². The van der Waals surface area contributed by atoms with Gasteiger partial charge in [0, 0.05) is 48.1 Å². The molecule has 126 valence electrons. The molecule has 6 heteroatoms. The van der Waals surface area contributed by atoms with Crippen molar-refractivity contribution in [1.29, 1.82) is 0 Å². The van der Waals surface area contributed by atoms with E-state index in [1.54, 1.807) is 0 Å². The molecular formula is C18H21ClN4O. The Morgan fingerprint density at radius 3 is 3.08 bits per heavy atom. The summed E-state index contributed by atoms with van der Waals surface area (Å²) in [7, 11) is 0. The van der Waals surface area contributed by atoms with Crippen molar-refractivity contribution in [2.45, 2.75) is 44.3 Å². The molecule has 5 nitrogen and oxygen atoms in total. The van der Waals surface area contributed by atoms with Gasteiger partial charge in [0.25, 0.3) is 0 Å². The average Bonchev–Trinajstić information content (AvgIpc) is 3.28. The van der Waals surface area contributed by atoms with Gasteiger partial charge in [0.05, 0.1) is 10.5 Å². The molecule has 2 aliphatic heterocycles. The number of rotatable bonds is 1. The van der Waals surface area contributed by atoms with E-state index in [1.165, 1.54) is 24.1 Å². The maximum atomic E-state index is 13.1. The number of amides is 1. The van der Waals surface area contributed by atoms with Crippen LogP contribution in [0.4, 0.5) is 0 Å². The average molecular weight is 345 g/mol. The van der Waals surface area contributed by atoms with Crippen LogP contribution in [0.15, 0.2) is 18.2 Å². The van der Waals surface area contributed by atoms with E-state index in [-0.39, 0.29) is 11.9 Å². The molecule has 1 aromatic heterocycles. The summed E-state index contributed by atoms with van der Waals surface area (Å²) in [4.78, 5) is 18.5. The van der Waals surface area contributed by atoms with Gasteiger partial charge in [0.1, 0.15) is 6.04 Å². The molecule has 1 amide bonds. The first kappa shape index (κ1) is 14.8. The van der Waals surface area contributed by atoms with Crippen molar-refractivity contribution in [1.82, 2.24) is 20.7 Å². The van der Waals surface area contributed by atoms with E-state index in [4.69, 9.17) is 11.6 Å². The first-order chi connectivity index (χ1) is 11.7. The van der Waals surface area contributed by atoms with Crippen molar-refractivity contribution < 1.29 is 4.79 Å². The summed E-state index contributed by atoms with van der Waals surface area (Å²) < 4.78 is 0. The highest BCUT2D eigenvalue weighted by Gasteiger charge is 2.44. The molecule has 3 aliphatic rings. The van der Waals surface area contributed by atoms with Crippen molar-refractivity contribution in [3.8, 4) is 0 Å². The van der Waals surface area contributed by atoms with Crippen molar-refractivity contribution >= 4 is 28.4 Å². The number of halogens is 1. The summed E-state index contributed by atoms with van der Waals surface area (Å²) in [6, 6.07) is 6.36. The Bertz CT molecular complexity index is 817. The van der Waals surface area contributed by atoms with Gasteiger partial charge in [-0.15, -0.1) is 0 Å². The Hall–Kier alpha value is -1.56. The van der Waals surface area contributed by atoms with E-state index in [9.17, 15) is 4.79 Å². The van der Waals surface area contributed by atoms with Crippen molar-refractivity contribution in [3.63, 3.8) is 0 Å². The molecule has 0 bridgehead atoms. The molecule has 1 saturated heterocycles. The predicted octanol–water partition coefficient (Wildman–Crippen LogP) is 2.35. The zero-order chi connectivity index (χ0) is 16.3. The van der Waals surface area contributed by atoms with Crippen LogP contribution in [0.1, 0.15) is 30.5 Å². The zero-order valence-electron chi connectivity index (χ0n) is 13.4. The molecule has 1 aliphatic carbocycles. The minimum Gasteiger partial charge on any atom is -0.357 e. The van der Waals surface area contributed by atoms with Crippen LogP contribution in [0, 0.1) is 5.92 Å². The van der Waals surface area contributed by atoms with Gasteiger partial charge < -0.3 is 9.88 Å². The number of fused-ring (bicyclic) bond motifs is 4. The topological polar surface area (TPSA) is 60.2 Å². The number of carbonyl (C=O) groups excluding carboxylic acids is 1. The van der Waals surface area contributed by atoms with Gasteiger partial charge in [-0.2, -0.15) is 0 Å². The Labute approximate surface area is 145 Å². The first-order valence-electron chi connectivity index (χ1n) is 8.80. The van der Waals surface area contributed by atoms with Gasteiger partial charge >= 0.3 is 0 Å². The first-order valence-corrected chi connectivity index (χ1v) is 9.18. The number of carbonyl (C=O) groups is 1. The lowest BCUT2D eigenvalue weighted by Crippen LogP contribution is -2.49. The predicted molar refractivity (Wildman–Crippen MR) is 93.6 cm³/mol. The molecule has 2 fully saturated rings. The number of benzene rings is 1. The molecule has 3 heterocycles. The number of hydrogen-bond acceptors (Lipinski definition) is 3. The number of hydrazine groups is 1. The smallest absolute Gasteiger partial charge is 0.241 e. The summed E-state index contributed by atoms with van der Waals surface area (Å²) in [5.74, 6) is 0.676. The summed E-state index contributed by atoms with van der Waals surface area (Å²) in [6.07, 6.45) is 4.40. The van der Waals surface area contributed by atoms with Crippen LogP contribution in [-0.2, 0) is 17.8 Å². The van der Waals surface area contributed by atoms with Gasteiger partial charge in [-0.05, 0) is 18.9 Å². The van der Waals surface area contributed by atoms with Crippen molar-refractivity contribution in [2.75, 3.05) is 6.54 Å². The number of aromatic amines is 1. The minimum atomic E-state index is -0.0761. The highest BCUT2D eigenvalue weighted by Crippen LogP contribution is 2.35. The number of H-pyrrole nitrogens is 1. The summed E-state index contributed by atoms with van der Waals surface area (Å²) in [6.45, 7) is 1.44. The van der Waals surface area contributed by atoms with E-state index in [1.807, 2.05) is 17.0 Å². The highest BCUT2D eigenvalue weighted by molar-refractivity contribution is 6.35. The zero-order valence-corrected chi connectivity index (χ0v) is 14.2. The molecule has 2 aromatic rings. The monoisotopic (exact) mass is 344 g/mol. The Balaban J connectivity index is 1.43. The summed E-state index contributed by atoms with van der Waals surface area (Å²) in [5, 5.41) is 1.89. The lowest BCUT2D eigenvalue weighted by molar-refractivity contribution is -0.135. The number of nitrogens with one attached hydrogen (secondary N) is 3. The maximum Gasteiger partial charge on any atom is 0.241 e. The second-order valence-electron chi connectivity index (χ2n) is 7.22. The van der Waals surface area contributed by atoms with Crippen molar-refractivity contribution in [2.24, 2.45) is 5.92 Å². The fraction of sp³-hybridized carbons (Fsp3) is 0.500. The van der Waals surface area contributed by atoms with E-state index in [2.05, 4.69) is 21.9 Å². The Morgan fingerprint density at radius 2 is 2.17 bits per heavy atom. The van der Waals surface area contributed by atoms with Crippen LogP contribution in [0.3, 0.4) is 0 Å². The van der Waals surface area contributed by atoms with Crippen molar-refractivity contribution in [3.05, 3.63) is 34.5 Å². The number of nitrogens with zero attached hydrogens (tertiary/aromatic N) is 1. The molecule has 0 radical (unpaired) electrons. The van der Waals surface area contributed by atoms with Gasteiger partial charge in [-0.1, -0.05) is 30.2 Å². The normalized spacial score (nSPS) is 29.0. The third-order valence-corrected chi connectivity index (χ3v) is 6.27. The summed E-state index contributed by atoms with van der Waals surface area (Å²) in [5.41, 5.74) is 10.0. The van der Waals surface area contributed by atoms with Crippen LogP contribution in [0.2, 0.25) is 5.02 Å². The van der Waals surface area contributed by atoms with E-state index >= 15 is 0 Å². The van der Waals surface area contributed by atoms with Gasteiger partial charge in [-0.25, -0.2) is 5.43 Å². The van der Waals surface area contributed by atoms with Crippen LogP contribution in [0.25, 0.3) is 10.9 Å². The SMILES string of the molecule is O=C(C1NNC2CCCC21)N1CCc2[nH]c3c(Cl)cccc3c2C1. The Morgan fingerprint density at radius 1 is 1.25 bits per heavy atom. The molecule has 1 aromatic carbocycles. The largest absolute Gasteiger partial charge is 0.357 e. The van der Waals surface area contributed by atoms with Gasteiger partial charge in [0.2, 0.25) is 5.91 Å². The standard InChI is InChI=1S/C18H21ClN4O/c19-13-5-1-3-10-12-9-23(8-7-14(12)20-16(10)13)18(24)17-11-4-2-6-15(11)21-22-17/h1,3,5,11,15,17,20-22H,2,4,6-9H2. The molecular weight excluding hydrogens is 324 g/mol. The second kappa shape index (κ2) is 5.48. The molecule has 24 heavy (non-hydrogen) atoms. The van der Waals surface area contributed by atoms with E-state index < -0.39 is 0 Å². The molecule has 0 spiro atoms. The number of aromatic nitrogens is 1. The number of hydrogen-bond donors (Lipinski definition) is 3. The minimum absolute atomic E-state index is 0.0761. The number of para-hydroxylation sites is 1. The fourth-order valence-electron chi connectivity index (χ4n) is 4.70. The van der Waals surface area contributed by atoms with Gasteiger partial charge in [0.15, 0.2) is 0 Å². The maximum absolute atomic E-state index is 13.1. The molecule has 3 atom stereocenters. The van der Waals surface area contributed by atoms with E-state index in [0.29, 0.717) is 18.5 Å². The van der Waals surface area contributed by atoms with Crippen LogP contribution in [0.5, 0.6) is 0 Å². The van der Waals surface area contributed by atoms with Crippen LogP contribution >= 0.6 is 11.6 Å². The third kappa shape index (κ3) is 2.11. The highest BCUT2D eigenvalue weighted by atomic mass is 35.5. The summed E-state index contributed by atoms with van der Waals surface area (Å²) >= 11 is 6.31.